The number of nitrogens with zero attached hydrogens (tertiary/aromatic N) is 2. The zero-order valence-electron chi connectivity index (χ0n) is 21.2. The molecule has 2 heterocycles. The molecule has 2 aliphatic rings. The number of carbonyl (C=O) groups is 3. The average Bonchev–Trinajstić information content (AvgIpc) is 2.93. The van der Waals surface area contributed by atoms with Gasteiger partial charge < -0.3 is 20.1 Å². The predicted octanol–water partition coefficient (Wildman–Crippen LogP) is 4.84. The Morgan fingerprint density at radius 3 is 2.49 bits per heavy atom. The standard InChI is InChI=1S/C27H37FN4O3/c1-17(2)13-14-29-26(35)27(4)16-31-22-12-11-19(28)15-21(22)23(30-18(3)33)24(31)25(34)32(27)20-9-7-5-6-8-10-20/h11-12,15,17,20H,5-10,13-14,16H2,1-4H3,(H,29,35)(H,30,33)/t27-/m0/s1. The van der Waals surface area contributed by atoms with Crippen LogP contribution in [0, 0.1) is 11.7 Å². The topological polar surface area (TPSA) is 83.4 Å². The third kappa shape index (κ3) is 4.80. The first kappa shape index (κ1) is 25.2. The number of halogens is 1. The number of hydrogen-bond donors (Lipinski definition) is 2. The van der Waals surface area contributed by atoms with Crippen LogP contribution in [-0.2, 0) is 16.1 Å². The number of hydrogen-bond acceptors (Lipinski definition) is 3. The zero-order chi connectivity index (χ0) is 25.3. The van der Waals surface area contributed by atoms with Crippen LogP contribution >= 0.6 is 0 Å². The van der Waals surface area contributed by atoms with E-state index < -0.39 is 11.4 Å². The molecule has 0 spiro atoms. The molecule has 190 valence electrons. The van der Waals surface area contributed by atoms with Crippen LogP contribution in [-0.4, -0.2) is 45.3 Å². The third-order valence-electron chi connectivity index (χ3n) is 7.43. The van der Waals surface area contributed by atoms with E-state index in [1.807, 2.05) is 6.92 Å². The summed E-state index contributed by atoms with van der Waals surface area (Å²) in [4.78, 5) is 41.8. The molecular weight excluding hydrogens is 447 g/mol. The van der Waals surface area contributed by atoms with E-state index in [2.05, 4.69) is 24.5 Å². The Balaban J connectivity index is 1.85. The molecule has 1 saturated carbocycles. The van der Waals surface area contributed by atoms with Gasteiger partial charge >= 0.3 is 0 Å². The summed E-state index contributed by atoms with van der Waals surface area (Å²) in [6.07, 6.45) is 6.77. The lowest BCUT2D eigenvalue weighted by Crippen LogP contribution is -2.66. The maximum Gasteiger partial charge on any atom is 0.273 e. The Hall–Kier alpha value is -2.90. The van der Waals surface area contributed by atoms with E-state index in [0.29, 0.717) is 34.7 Å². The highest BCUT2D eigenvalue weighted by Crippen LogP contribution is 2.41. The van der Waals surface area contributed by atoms with Gasteiger partial charge in [0, 0.05) is 24.9 Å². The lowest BCUT2D eigenvalue weighted by Gasteiger charge is -2.48. The molecule has 0 bridgehead atoms. The predicted molar refractivity (Wildman–Crippen MR) is 135 cm³/mol. The number of amides is 3. The van der Waals surface area contributed by atoms with Gasteiger partial charge in [-0.25, -0.2) is 4.39 Å². The van der Waals surface area contributed by atoms with E-state index in [9.17, 15) is 18.8 Å². The highest BCUT2D eigenvalue weighted by molar-refractivity contribution is 6.14. The van der Waals surface area contributed by atoms with Crippen LogP contribution in [0.4, 0.5) is 10.1 Å². The van der Waals surface area contributed by atoms with Gasteiger partial charge in [0.05, 0.1) is 17.7 Å². The summed E-state index contributed by atoms with van der Waals surface area (Å²) in [5.74, 6) is -0.798. The second-order valence-corrected chi connectivity index (χ2v) is 10.7. The van der Waals surface area contributed by atoms with E-state index in [4.69, 9.17) is 0 Å². The lowest BCUT2D eigenvalue weighted by atomic mass is 9.90. The molecule has 0 radical (unpaired) electrons. The van der Waals surface area contributed by atoms with E-state index in [0.717, 1.165) is 44.9 Å². The van der Waals surface area contributed by atoms with Gasteiger partial charge in [0.1, 0.15) is 17.1 Å². The number of nitrogens with one attached hydrogen (secondary N) is 2. The molecule has 35 heavy (non-hydrogen) atoms. The number of rotatable bonds is 6. The molecule has 1 aromatic heterocycles. The van der Waals surface area contributed by atoms with Gasteiger partial charge in [-0.15, -0.1) is 0 Å². The van der Waals surface area contributed by atoms with E-state index in [-0.39, 0.29) is 30.3 Å². The van der Waals surface area contributed by atoms with E-state index in [1.54, 1.807) is 15.5 Å². The fraction of sp³-hybridized carbons (Fsp3) is 0.593. The Bertz CT molecular complexity index is 1130. The molecule has 1 atom stereocenters. The van der Waals surface area contributed by atoms with Crippen molar-refractivity contribution in [2.45, 2.75) is 90.8 Å². The number of anilines is 1. The molecule has 0 saturated heterocycles. The Kier molecular flexibility index (Phi) is 7.20. The highest BCUT2D eigenvalue weighted by atomic mass is 19.1. The van der Waals surface area contributed by atoms with Crippen LogP contribution in [0.15, 0.2) is 18.2 Å². The van der Waals surface area contributed by atoms with Crippen molar-refractivity contribution in [3.8, 4) is 0 Å². The second-order valence-electron chi connectivity index (χ2n) is 10.7. The SMILES string of the molecule is CC(=O)Nc1c2n(c3ccc(F)cc13)C[C@@](C)(C(=O)NCCC(C)C)N(C1CCCCCC1)C2=O. The molecule has 1 fully saturated rings. The van der Waals surface area contributed by atoms with E-state index >= 15 is 0 Å². The molecule has 4 rings (SSSR count). The first-order valence-corrected chi connectivity index (χ1v) is 12.8. The third-order valence-corrected chi connectivity index (χ3v) is 7.43. The number of carbonyl (C=O) groups excluding carboxylic acids is 3. The van der Waals surface area contributed by atoms with Crippen molar-refractivity contribution in [2.24, 2.45) is 5.92 Å². The van der Waals surface area contributed by atoms with Crippen molar-refractivity contribution in [2.75, 3.05) is 11.9 Å². The largest absolute Gasteiger partial charge is 0.354 e. The number of aromatic nitrogens is 1. The number of fused-ring (bicyclic) bond motifs is 3. The monoisotopic (exact) mass is 484 g/mol. The van der Waals surface area contributed by atoms with Gasteiger partial charge in [0.25, 0.3) is 5.91 Å². The van der Waals surface area contributed by atoms with Gasteiger partial charge in [-0.3, -0.25) is 14.4 Å². The molecule has 1 aliphatic carbocycles. The number of benzene rings is 1. The minimum atomic E-state index is -1.11. The minimum absolute atomic E-state index is 0.0699. The molecule has 8 heteroatoms. The normalized spacial score (nSPS) is 21.2. The maximum atomic E-state index is 14.3. The summed E-state index contributed by atoms with van der Waals surface area (Å²) in [7, 11) is 0. The summed E-state index contributed by atoms with van der Waals surface area (Å²) in [5, 5.41) is 6.33. The molecule has 0 unspecified atom stereocenters. The van der Waals surface area contributed by atoms with Gasteiger partial charge in [-0.1, -0.05) is 39.5 Å². The molecule has 2 aromatic rings. The summed E-state index contributed by atoms with van der Waals surface area (Å²) in [6.45, 7) is 8.21. The lowest BCUT2D eigenvalue weighted by molar-refractivity contribution is -0.134. The zero-order valence-corrected chi connectivity index (χ0v) is 21.2. The quantitative estimate of drug-likeness (QED) is 0.576. The maximum absolute atomic E-state index is 14.3. The van der Waals surface area contributed by atoms with Crippen LogP contribution in [0.3, 0.4) is 0 Å². The fourth-order valence-corrected chi connectivity index (χ4v) is 5.67. The molecule has 2 N–H and O–H groups in total. The van der Waals surface area contributed by atoms with Crippen molar-refractivity contribution in [3.63, 3.8) is 0 Å². The van der Waals surface area contributed by atoms with Crippen molar-refractivity contribution in [1.29, 1.82) is 0 Å². The van der Waals surface area contributed by atoms with Gasteiger partial charge in [0.15, 0.2) is 0 Å². The van der Waals surface area contributed by atoms with Crippen LogP contribution in [0.2, 0.25) is 0 Å². The first-order valence-electron chi connectivity index (χ1n) is 12.8. The molecule has 7 nitrogen and oxygen atoms in total. The minimum Gasteiger partial charge on any atom is -0.354 e. The van der Waals surface area contributed by atoms with Gasteiger partial charge in [-0.05, 0) is 50.3 Å². The average molecular weight is 485 g/mol. The summed E-state index contributed by atoms with van der Waals surface area (Å²) in [6, 6.07) is 4.23. The first-order chi connectivity index (χ1) is 16.6. The summed E-state index contributed by atoms with van der Waals surface area (Å²) in [5.41, 5.74) is 0.153. The Labute approximate surface area is 206 Å². The Morgan fingerprint density at radius 1 is 1.17 bits per heavy atom. The van der Waals surface area contributed by atoms with Gasteiger partial charge in [0.2, 0.25) is 11.8 Å². The smallest absolute Gasteiger partial charge is 0.273 e. The summed E-state index contributed by atoms with van der Waals surface area (Å²) < 4.78 is 16.0. The van der Waals surface area contributed by atoms with Crippen LogP contribution in [0.25, 0.3) is 10.9 Å². The fourth-order valence-electron chi connectivity index (χ4n) is 5.67. The molecular formula is C27H37FN4O3. The summed E-state index contributed by atoms with van der Waals surface area (Å²) >= 11 is 0. The van der Waals surface area contributed by atoms with Gasteiger partial charge in [-0.2, -0.15) is 0 Å². The molecule has 3 amide bonds. The van der Waals surface area contributed by atoms with Crippen molar-refractivity contribution in [1.82, 2.24) is 14.8 Å². The molecule has 1 aromatic carbocycles. The molecule has 1 aliphatic heterocycles. The van der Waals surface area contributed by atoms with Crippen LogP contribution < -0.4 is 10.6 Å². The highest BCUT2D eigenvalue weighted by Gasteiger charge is 2.51. The van der Waals surface area contributed by atoms with Crippen LogP contribution in [0.5, 0.6) is 0 Å². The van der Waals surface area contributed by atoms with Crippen molar-refractivity contribution < 1.29 is 18.8 Å². The van der Waals surface area contributed by atoms with Crippen molar-refractivity contribution >= 4 is 34.3 Å². The van der Waals surface area contributed by atoms with Crippen LogP contribution in [0.1, 0.15) is 83.1 Å². The van der Waals surface area contributed by atoms with Crippen molar-refractivity contribution in [3.05, 3.63) is 29.7 Å². The second kappa shape index (κ2) is 9.99. The Morgan fingerprint density at radius 2 is 1.86 bits per heavy atom. The van der Waals surface area contributed by atoms with E-state index in [1.165, 1.54) is 19.1 Å².